The van der Waals surface area contributed by atoms with E-state index in [9.17, 15) is 0 Å². The van der Waals surface area contributed by atoms with Gasteiger partial charge >= 0.3 is 0 Å². The molecule has 1 aliphatic heterocycles. The van der Waals surface area contributed by atoms with E-state index in [-0.39, 0.29) is 0 Å². The monoisotopic (exact) mass is 258 g/mol. The number of nitrogens with two attached hydrogens (primary N) is 1. The molecular weight excluding hydrogens is 232 g/mol. The summed E-state index contributed by atoms with van der Waals surface area (Å²) >= 11 is 0. The van der Waals surface area contributed by atoms with Crippen LogP contribution in [0.15, 0.2) is 18.2 Å². The van der Waals surface area contributed by atoms with Gasteiger partial charge in [0.25, 0.3) is 0 Å². The number of hydrogen-bond acceptors (Lipinski definition) is 2. The van der Waals surface area contributed by atoms with E-state index in [4.69, 9.17) is 5.73 Å². The van der Waals surface area contributed by atoms with Crippen molar-refractivity contribution in [2.75, 3.05) is 24.5 Å². The highest BCUT2D eigenvalue weighted by Gasteiger charge is 2.29. The molecule has 1 aromatic rings. The molecule has 2 heteroatoms. The fourth-order valence-corrected chi connectivity index (χ4v) is 3.94. The molecule has 2 aliphatic rings. The molecule has 0 bridgehead atoms. The summed E-state index contributed by atoms with van der Waals surface area (Å²) < 4.78 is 0. The van der Waals surface area contributed by atoms with Crippen molar-refractivity contribution >= 4 is 5.69 Å². The van der Waals surface area contributed by atoms with Crippen LogP contribution in [0.5, 0.6) is 0 Å². The molecule has 19 heavy (non-hydrogen) atoms. The van der Waals surface area contributed by atoms with Gasteiger partial charge in [-0.05, 0) is 62.6 Å². The van der Waals surface area contributed by atoms with Gasteiger partial charge in [-0.15, -0.1) is 0 Å². The van der Waals surface area contributed by atoms with Crippen molar-refractivity contribution in [3.05, 3.63) is 29.3 Å². The third kappa shape index (κ3) is 2.64. The van der Waals surface area contributed by atoms with Gasteiger partial charge in [0, 0.05) is 18.8 Å². The third-order valence-corrected chi connectivity index (χ3v) is 5.02. The maximum atomic E-state index is 5.93. The van der Waals surface area contributed by atoms with Crippen molar-refractivity contribution < 1.29 is 0 Å². The Bertz CT molecular complexity index is 441. The lowest BCUT2D eigenvalue weighted by Crippen LogP contribution is -2.36. The molecule has 2 nitrogen and oxygen atoms in total. The van der Waals surface area contributed by atoms with E-state index in [0.717, 1.165) is 18.4 Å². The lowest BCUT2D eigenvalue weighted by atomic mass is 9.93. The lowest BCUT2D eigenvalue weighted by Gasteiger charge is -2.35. The number of nitrogens with zero attached hydrogens (tertiary/aromatic N) is 1. The van der Waals surface area contributed by atoms with Gasteiger partial charge < -0.3 is 10.6 Å². The van der Waals surface area contributed by atoms with Gasteiger partial charge in [0.15, 0.2) is 0 Å². The first kappa shape index (κ1) is 13.0. The molecule has 0 spiro atoms. The van der Waals surface area contributed by atoms with Crippen LogP contribution in [0.25, 0.3) is 0 Å². The van der Waals surface area contributed by atoms with Crippen molar-refractivity contribution in [2.24, 2.45) is 17.6 Å². The summed E-state index contributed by atoms with van der Waals surface area (Å²) in [4.78, 5) is 2.62. The molecular formula is C17H26N2. The fraction of sp³-hybridized carbons (Fsp3) is 0.647. The molecule has 1 aliphatic carbocycles. The van der Waals surface area contributed by atoms with E-state index >= 15 is 0 Å². The Balaban J connectivity index is 1.76. The molecule has 2 atom stereocenters. The average molecular weight is 258 g/mol. The van der Waals surface area contributed by atoms with E-state index in [0.29, 0.717) is 0 Å². The fourth-order valence-electron chi connectivity index (χ4n) is 3.94. The van der Waals surface area contributed by atoms with Gasteiger partial charge in [-0.2, -0.15) is 0 Å². The topological polar surface area (TPSA) is 29.3 Å². The first-order valence-corrected chi connectivity index (χ1v) is 7.82. The van der Waals surface area contributed by atoms with Gasteiger partial charge in [0.2, 0.25) is 0 Å². The van der Waals surface area contributed by atoms with E-state index < -0.39 is 0 Å². The zero-order valence-corrected chi connectivity index (χ0v) is 12.1. The van der Waals surface area contributed by atoms with E-state index in [1.165, 1.54) is 56.4 Å². The smallest absolute Gasteiger partial charge is 0.0399 e. The molecule has 3 rings (SSSR count). The summed E-state index contributed by atoms with van der Waals surface area (Å²) in [5.41, 5.74) is 10.4. The summed E-state index contributed by atoms with van der Waals surface area (Å²) in [6.45, 7) is 5.52. The number of hydrogen-bond donors (Lipinski definition) is 1. The summed E-state index contributed by atoms with van der Waals surface area (Å²) in [6.07, 6.45) is 6.64. The second-order valence-corrected chi connectivity index (χ2v) is 6.37. The largest absolute Gasteiger partial charge is 0.371 e. The van der Waals surface area contributed by atoms with E-state index in [1.807, 2.05) is 0 Å². The van der Waals surface area contributed by atoms with Gasteiger partial charge in [-0.3, -0.25) is 0 Å². The van der Waals surface area contributed by atoms with Gasteiger partial charge in [-0.25, -0.2) is 0 Å². The molecule has 1 fully saturated rings. The summed E-state index contributed by atoms with van der Waals surface area (Å²) in [6, 6.07) is 6.96. The Morgan fingerprint density at radius 2 is 2.05 bits per heavy atom. The number of anilines is 1. The summed E-state index contributed by atoms with van der Waals surface area (Å²) in [5, 5.41) is 0. The minimum Gasteiger partial charge on any atom is -0.371 e. The third-order valence-electron chi connectivity index (χ3n) is 5.02. The van der Waals surface area contributed by atoms with Crippen LogP contribution in [-0.4, -0.2) is 19.6 Å². The van der Waals surface area contributed by atoms with E-state index in [2.05, 4.69) is 30.0 Å². The highest BCUT2D eigenvalue weighted by atomic mass is 15.1. The maximum absolute atomic E-state index is 5.93. The second-order valence-electron chi connectivity index (χ2n) is 6.37. The molecule has 2 unspecified atom stereocenters. The minimum absolute atomic E-state index is 0.760. The maximum Gasteiger partial charge on any atom is 0.0399 e. The SMILES string of the molecule is Cc1ccc2c(c1)CCCN2CC1CCCC1CN. The predicted molar refractivity (Wildman–Crippen MR) is 81.6 cm³/mol. The standard InChI is InChI=1S/C17H26N2/c1-13-7-8-17-14(10-13)6-3-9-19(17)12-16-5-2-4-15(16)11-18/h7-8,10,15-16H,2-6,9,11-12,18H2,1H3. The van der Waals surface area contributed by atoms with Crippen LogP contribution in [0.1, 0.15) is 36.8 Å². The number of benzene rings is 1. The first-order valence-electron chi connectivity index (χ1n) is 7.82. The highest BCUT2D eigenvalue weighted by Crippen LogP contribution is 2.35. The van der Waals surface area contributed by atoms with Crippen molar-refractivity contribution in [2.45, 2.75) is 39.0 Å². The molecule has 0 amide bonds. The van der Waals surface area contributed by atoms with E-state index in [1.54, 1.807) is 5.56 Å². The van der Waals surface area contributed by atoms with Gasteiger partial charge in [-0.1, -0.05) is 24.1 Å². The molecule has 104 valence electrons. The van der Waals surface area contributed by atoms with Crippen LogP contribution >= 0.6 is 0 Å². The van der Waals surface area contributed by atoms with Crippen LogP contribution in [0.4, 0.5) is 5.69 Å². The van der Waals surface area contributed by atoms with Crippen molar-refractivity contribution in [3.8, 4) is 0 Å². The summed E-state index contributed by atoms with van der Waals surface area (Å²) in [5.74, 6) is 1.58. The molecule has 0 radical (unpaired) electrons. The predicted octanol–water partition coefficient (Wildman–Crippen LogP) is 3.12. The molecule has 1 heterocycles. The van der Waals surface area contributed by atoms with Crippen molar-refractivity contribution in [3.63, 3.8) is 0 Å². The minimum atomic E-state index is 0.760. The molecule has 2 N–H and O–H groups in total. The Labute approximate surface area is 117 Å². The molecule has 0 aromatic heterocycles. The zero-order chi connectivity index (χ0) is 13.2. The number of fused-ring (bicyclic) bond motifs is 1. The quantitative estimate of drug-likeness (QED) is 0.902. The lowest BCUT2D eigenvalue weighted by molar-refractivity contribution is 0.391. The second kappa shape index (κ2) is 5.54. The van der Waals surface area contributed by atoms with Crippen LogP contribution in [-0.2, 0) is 6.42 Å². The van der Waals surface area contributed by atoms with Crippen LogP contribution in [0.3, 0.4) is 0 Å². The highest BCUT2D eigenvalue weighted by molar-refractivity contribution is 5.56. The zero-order valence-electron chi connectivity index (χ0n) is 12.1. The van der Waals surface area contributed by atoms with Crippen LogP contribution in [0, 0.1) is 18.8 Å². The summed E-state index contributed by atoms with van der Waals surface area (Å²) in [7, 11) is 0. The average Bonchev–Trinajstić information content (AvgIpc) is 2.86. The van der Waals surface area contributed by atoms with Crippen molar-refractivity contribution in [1.82, 2.24) is 0 Å². The number of aryl methyl sites for hydroxylation is 2. The van der Waals surface area contributed by atoms with Crippen LogP contribution < -0.4 is 10.6 Å². The van der Waals surface area contributed by atoms with Crippen molar-refractivity contribution in [1.29, 1.82) is 0 Å². The Morgan fingerprint density at radius 1 is 1.21 bits per heavy atom. The Morgan fingerprint density at radius 3 is 2.89 bits per heavy atom. The normalized spacial score (nSPS) is 26.5. The Kier molecular flexibility index (Phi) is 3.79. The molecule has 1 saturated carbocycles. The Hall–Kier alpha value is -1.02. The first-order chi connectivity index (χ1) is 9.28. The van der Waals surface area contributed by atoms with Gasteiger partial charge in [0.05, 0.1) is 0 Å². The molecule has 0 saturated heterocycles. The van der Waals surface area contributed by atoms with Gasteiger partial charge in [0.1, 0.15) is 0 Å². The number of rotatable bonds is 3. The van der Waals surface area contributed by atoms with Crippen LogP contribution in [0.2, 0.25) is 0 Å². The molecule has 1 aromatic carbocycles.